The SMILES string of the molecule is OCC(O)COc1cc(Cl)c(Br)cc1Cl. The number of aliphatic hydroxyl groups is 2. The van der Waals surface area contributed by atoms with Crippen LogP contribution in [0.4, 0.5) is 0 Å². The minimum atomic E-state index is -0.927. The van der Waals surface area contributed by atoms with E-state index >= 15 is 0 Å². The van der Waals surface area contributed by atoms with Gasteiger partial charge in [-0.15, -0.1) is 0 Å². The molecule has 15 heavy (non-hydrogen) atoms. The molecular formula is C9H9BrCl2O3. The molecule has 0 aliphatic carbocycles. The van der Waals surface area contributed by atoms with Crippen LogP contribution in [0.15, 0.2) is 16.6 Å². The highest BCUT2D eigenvalue weighted by atomic mass is 79.9. The smallest absolute Gasteiger partial charge is 0.139 e. The van der Waals surface area contributed by atoms with Crippen LogP contribution >= 0.6 is 39.1 Å². The molecule has 1 rings (SSSR count). The molecule has 0 spiro atoms. The summed E-state index contributed by atoms with van der Waals surface area (Å²) in [5.74, 6) is 0.373. The zero-order valence-electron chi connectivity index (χ0n) is 7.58. The Bertz CT molecular complexity index is 346. The van der Waals surface area contributed by atoms with Crippen molar-refractivity contribution in [2.75, 3.05) is 13.2 Å². The van der Waals surface area contributed by atoms with Crippen LogP contribution in [0, 0.1) is 0 Å². The van der Waals surface area contributed by atoms with Gasteiger partial charge in [0.15, 0.2) is 0 Å². The van der Waals surface area contributed by atoms with Gasteiger partial charge in [0.2, 0.25) is 0 Å². The van der Waals surface area contributed by atoms with Crippen molar-refractivity contribution in [3.05, 3.63) is 26.7 Å². The lowest BCUT2D eigenvalue weighted by Gasteiger charge is -2.11. The highest BCUT2D eigenvalue weighted by Gasteiger charge is 2.09. The van der Waals surface area contributed by atoms with E-state index in [1.165, 1.54) is 6.07 Å². The molecule has 0 fully saturated rings. The quantitative estimate of drug-likeness (QED) is 0.839. The Morgan fingerprint density at radius 2 is 2.00 bits per heavy atom. The van der Waals surface area contributed by atoms with E-state index in [4.69, 9.17) is 38.2 Å². The minimum absolute atomic E-state index is 0.0336. The number of rotatable bonds is 4. The molecule has 84 valence electrons. The van der Waals surface area contributed by atoms with Crippen LogP contribution in [-0.2, 0) is 0 Å². The molecule has 6 heteroatoms. The van der Waals surface area contributed by atoms with Crippen molar-refractivity contribution >= 4 is 39.1 Å². The molecule has 0 bridgehead atoms. The second-order valence-electron chi connectivity index (χ2n) is 2.84. The Balaban J connectivity index is 2.73. The second-order valence-corrected chi connectivity index (χ2v) is 4.51. The maximum Gasteiger partial charge on any atom is 0.139 e. The summed E-state index contributed by atoms with van der Waals surface area (Å²) in [6.45, 7) is -0.393. The molecule has 0 amide bonds. The molecule has 1 aromatic rings. The molecule has 1 unspecified atom stereocenters. The second kappa shape index (κ2) is 5.92. The van der Waals surface area contributed by atoms with Gasteiger partial charge in [-0.05, 0) is 22.0 Å². The molecule has 0 radical (unpaired) electrons. The van der Waals surface area contributed by atoms with Gasteiger partial charge < -0.3 is 14.9 Å². The number of hydrogen-bond acceptors (Lipinski definition) is 3. The molecule has 0 heterocycles. The van der Waals surface area contributed by atoms with Gasteiger partial charge in [0, 0.05) is 10.5 Å². The molecule has 0 aliphatic rings. The summed E-state index contributed by atoms with van der Waals surface area (Å²) in [6, 6.07) is 3.14. The van der Waals surface area contributed by atoms with E-state index in [9.17, 15) is 0 Å². The highest BCUT2D eigenvalue weighted by Crippen LogP contribution is 2.34. The van der Waals surface area contributed by atoms with Crippen molar-refractivity contribution in [3.8, 4) is 5.75 Å². The highest BCUT2D eigenvalue weighted by molar-refractivity contribution is 9.10. The lowest BCUT2D eigenvalue weighted by molar-refractivity contribution is 0.0536. The Labute approximate surface area is 106 Å². The summed E-state index contributed by atoms with van der Waals surface area (Å²) in [7, 11) is 0. The van der Waals surface area contributed by atoms with Gasteiger partial charge in [-0.1, -0.05) is 23.2 Å². The van der Waals surface area contributed by atoms with E-state index in [0.717, 1.165) is 0 Å². The topological polar surface area (TPSA) is 49.7 Å². The van der Waals surface area contributed by atoms with Gasteiger partial charge in [-0.3, -0.25) is 0 Å². The first-order chi connectivity index (χ1) is 7.04. The van der Waals surface area contributed by atoms with Crippen LogP contribution in [0.5, 0.6) is 5.75 Å². The fraction of sp³-hybridized carbons (Fsp3) is 0.333. The molecule has 0 saturated heterocycles. The number of benzene rings is 1. The van der Waals surface area contributed by atoms with Gasteiger partial charge >= 0.3 is 0 Å². The maximum atomic E-state index is 9.07. The summed E-state index contributed by atoms with van der Waals surface area (Å²) < 4.78 is 5.85. The van der Waals surface area contributed by atoms with Crippen molar-refractivity contribution in [2.24, 2.45) is 0 Å². The summed E-state index contributed by atoms with van der Waals surface area (Å²) >= 11 is 14.9. The fourth-order valence-electron chi connectivity index (χ4n) is 0.854. The van der Waals surface area contributed by atoms with Crippen molar-refractivity contribution in [1.82, 2.24) is 0 Å². The largest absolute Gasteiger partial charge is 0.489 e. The number of hydrogen-bond donors (Lipinski definition) is 2. The van der Waals surface area contributed by atoms with Crippen LogP contribution < -0.4 is 4.74 Å². The lowest BCUT2D eigenvalue weighted by atomic mass is 10.3. The Kier molecular flexibility index (Phi) is 5.15. The monoisotopic (exact) mass is 314 g/mol. The lowest BCUT2D eigenvalue weighted by Crippen LogP contribution is -2.21. The van der Waals surface area contributed by atoms with Crippen molar-refractivity contribution < 1.29 is 14.9 Å². The molecule has 0 aromatic heterocycles. The molecule has 2 N–H and O–H groups in total. The molecule has 1 aromatic carbocycles. The predicted molar refractivity (Wildman–Crippen MR) is 62.7 cm³/mol. The van der Waals surface area contributed by atoms with Crippen LogP contribution in [0.1, 0.15) is 0 Å². The fourth-order valence-corrected chi connectivity index (χ4v) is 1.70. The summed E-state index contributed by atoms with van der Waals surface area (Å²) in [5.41, 5.74) is 0. The third-order valence-electron chi connectivity index (χ3n) is 1.62. The molecule has 1 atom stereocenters. The molecular weight excluding hydrogens is 307 g/mol. The number of ether oxygens (including phenoxy) is 1. The Morgan fingerprint density at radius 3 is 2.60 bits per heavy atom. The summed E-state index contributed by atoms with van der Waals surface area (Å²) in [4.78, 5) is 0. The zero-order chi connectivity index (χ0) is 11.4. The van der Waals surface area contributed by atoms with E-state index < -0.39 is 6.10 Å². The summed E-state index contributed by atoms with van der Waals surface area (Å²) in [5, 5.41) is 18.5. The van der Waals surface area contributed by atoms with Crippen molar-refractivity contribution in [1.29, 1.82) is 0 Å². The first kappa shape index (κ1) is 13.1. The van der Waals surface area contributed by atoms with E-state index in [-0.39, 0.29) is 13.2 Å². The molecule has 3 nitrogen and oxygen atoms in total. The van der Waals surface area contributed by atoms with Gasteiger partial charge in [0.25, 0.3) is 0 Å². The average molecular weight is 316 g/mol. The first-order valence-electron chi connectivity index (χ1n) is 4.11. The van der Waals surface area contributed by atoms with E-state index in [1.54, 1.807) is 6.07 Å². The third-order valence-corrected chi connectivity index (χ3v) is 3.11. The molecule has 0 aliphatic heterocycles. The minimum Gasteiger partial charge on any atom is -0.489 e. The maximum absolute atomic E-state index is 9.07. The zero-order valence-corrected chi connectivity index (χ0v) is 10.7. The van der Waals surface area contributed by atoms with Gasteiger partial charge in [-0.25, -0.2) is 0 Å². The van der Waals surface area contributed by atoms with Gasteiger partial charge in [0.1, 0.15) is 18.5 Å². The first-order valence-corrected chi connectivity index (χ1v) is 5.65. The Hall–Kier alpha value is -0.0000000000000000555. The third kappa shape index (κ3) is 3.81. The number of halogens is 3. The van der Waals surface area contributed by atoms with Crippen molar-refractivity contribution in [2.45, 2.75) is 6.10 Å². The average Bonchev–Trinajstić information content (AvgIpc) is 2.21. The van der Waals surface area contributed by atoms with Crippen molar-refractivity contribution in [3.63, 3.8) is 0 Å². The normalized spacial score (nSPS) is 12.6. The van der Waals surface area contributed by atoms with Crippen LogP contribution in [-0.4, -0.2) is 29.5 Å². The van der Waals surface area contributed by atoms with Crippen LogP contribution in [0.3, 0.4) is 0 Å². The van der Waals surface area contributed by atoms with E-state index in [0.29, 0.717) is 20.3 Å². The predicted octanol–water partition coefficient (Wildman–Crippen LogP) is 2.49. The van der Waals surface area contributed by atoms with Gasteiger partial charge in [-0.2, -0.15) is 0 Å². The Morgan fingerprint density at radius 1 is 1.33 bits per heavy atom. The number of aliphatic hydroxyl groups excluding tert-OH is 2. The van der Waals surface area contributed by atoms with E-state index in [2.05, 4.69) is 15.9 Å². The van der Waals surface area contributed by atoms with Crippen LogP contribution in [0.25, 0.3) is 0 Å². The summed E-state index contributed by atoms with van der Waals surface area (Å²) in [6.07, 6.45) is -0.927. The van der Waals surface area contributed by atoms with Gasteiger partial charge in [0.05, 0.1) is 16.7 Å². The van der Waals surface area contributed by atoms with Crippen LogP contribution in [0.2, 0.25) is 10.0 Å². The standard InChI is InChI=1S/C9H9BrCl2O3/c10-6-1-8(12)9(2-7(6)11)15-4-5(14)3-13/h1-2,5,13-14H,3-4H2. The van der Waals surface area contributed by atoms with E-state index in [1.807, 2.05) is 0 Å². The molecule has 0 saturated carbocycles.